The van der Waals surface area contributed by atoms with E-state index in [1.807, 2.05) is 42.5 Å². The zero-order chi connectivity index (χ0) is 20.5. The molecule has 1 saturated carbocycles. The van der Waals surface area contributed by atoms with Gasteiger partial charge in [0.25, 0.3) is 0 Å². The highest BCUT2D eigenvalue weighted by molar-refractivity contribution is 5.55. The Bertz CT molecular complexity index is 985. The molecule has 7 heteroatoms. The van der Waals surface area contributed by atoms with Gasteiger partial charge in [0.1, 0.15) is 23.4 Å². The SMILES string of the molecule is COc1cc(CN2CC(Oc3ccc(-c4noc(C5CC5)n4)cc3)C2)cc(OC)c1. The van der Waals surface area contributed by atoms with Crippen LogP contribution in [0.4, 0.5) is 0 Å². The highest BCUT2D eigenvalue weighted by Crippen LogP contribution is 2.39. The molecule has 2 heterocycles. The summed E-state index contributed by atoms with van der Waals surface area (Å²) in [6, 6.07) is 13.9. The van der Waals surface area contributed by atoms with E-state index >= 15 is 0 Å². The number of hydrogen-bond donors (Lipinski definition) is 0. The standard InChI is InChI=1S/C23H25N3O4/c1-27-19-9-15(10-20(11-19)28-2)12-26-13-21(14-26)29-18-7-5-16(6-8-18)22-24-23(30-25-22)17-3-4-17/h5-11,17,21H,3-4,12-14H2,1-2H3. The third kappa shape index (κ3) is 4.11. The Balaban J connectivity index is 1.14. The summed E-state index contributed by atoms with van der Waals surface area (Å²) < 4.78 is 22.1. The van der Waals surface area contributed by atoms with Gasteiger partial charge in [-0.25, -0.2) is 0 Å². The van der Waals surface area contributed by atoms with E-state index in [9.17, 15) is 0 Å². The van der Waals surface area contributed by atoms with Crippen LogP contribution in [0.3, 0.4) is 0 Å². The van der Waals surface area contributed by atoms with Crippen LogP contribution >= 0.6 is 0 Å². The summed E-state index contributed by atoms with van der Waals surface area (Å²) in [5.41, 5.74) is 2.11. The van der Waals surface area contributed by atoms with Gasteiger partial charge in [-0.15, -0.1) is 0 Å². The van der Waals surface area contributed by atoms with Crippen LogP contribution in [0.15, 0.2) is 47.0 Å². The van der Waals surface area contributed by atoms with Gasteiger partial charge in [0, 0.05) is 37.2 Å². The van der Waals surface area contributed by atoms with Crippen molar-refractivity contribution in [2.24, 2.45) is 0 Å². The topological polar surface area (TPSA) is 69.9 Å². The van der Waals surface area contributed by atoms with Crippen molar-refractivity contribution >= 4 is 0 Å². The average molecular weight is 407 g/mol. The first-order valence-electron chi connectivity index (χ1n) is 10.2. The van der Waals surface area contributed by atoms with E-state index in [1.54, 1.807) is 14.2 Å². The number of nitrogens with zero attached hydrogens (tertiary/aromatic N) is 3. The summed E-state index contributed by atoms with van der Waals surface area (Å²) in [6.45, 7) is 2.61. The van der Waals surface area contributed by atoms with Crippen LogP contribution in [0.2, 0.25) is 0 Å². The zero-order valence-corrected chi connectivity index (χ0v) is 17.2. The van der Waals surface area contributed by atoms with E-state index in [2.05, 4.69) is 15.0 Å². The van der Waals surface area contributed by atoms with Crippen molar-refractivity contribution in [3.05, 3.63) is 53.9 Å². The van der Waals surface area contributed by atoms with E-state index in [4.69, 9.17) is 18.7 Å². The number of hydrogen-bond acceptors (Lipinski definition) is 7. The van der Waals surface area contributed by atoms with Crippen LogP contribution in [-0.2, 0) is 6.54 Å². The van der Waals surface area contributed by atoms with Gasteiger partial charge in [-0.1, -0.05) is 5.16 Å². The molecule has 3 aromatic rings. The quantitative estimate of drug-likeness (QED) is 0.561. The van der Waals surface area contributed by atoms with Crippen molar-refractivity contribution in [2.45, 2.75) is 31.4 Å². The molecule has 156 valence electrons. The summed E-state index contributed by atoms with van der Waals surface area (Å²) in [6.07, 6.45) is 2.49. The predicted octanol–water partition coefficient (Wildman–Crippen LogP) is 3.89. The molecule has 2 aliphatic rings. The third-order valence-electron chi connectivity index (χ3n) is 5.52. The van der Waals surface area contributed by atoms with Crippen molar-refractivity contribution < 1.29 is 18.7 Å². The second-order valence-corrected chi connectivity index (χ2v) is 7.91. The van der Waals surface area contributed by atoms with Gasteiger partial charge in [-0.3, -0.25) is 4.90 Å². The molecule has 0 bridgehead atoms. The van der Waals surface area contributed by atoms with Crippen molar-refractivity contribution in [3.8, 4) is 28.6 Å². The Morgan fingerprint density at radius 1 is 0.967 bits per heavy atom. The normalized spacial score (nSPS) is 16.9. The number of rotatable bonds is 8. The summed E-state index contributed by atoms with van der Waals surface area (Å²) in [4.78, 5) is 6.83. The van der Waals surface area contributed by atoms with Crippen molar-refractivity contribution in [1.29, 1.82) is 0 Å². The number of benzene rings is 2. The summed E-state index contributed by atoms with van der Waals surface area (Å²) in [5.74, 6) is 4.35. The van der Waals surface area contributed by atoms with Gasteiger partial charge in [-0.2, -0.15) is 4.98 Å². The zero-order valence-electron chi connectivity index (χ0n) is 17.2. The minimum Gasteiger partial charge on any atom is -0.497 e. The molecule has 0 N–H and O–H groups in total. The average Bonchev–Trinajstić information content (AvgIpc) is 3.49. The Hall–Kier alpha value is -3.06. The number of ether oxygens (including phenoxy) is 3. The molecule has 1 saturated heterocycles. The van der Waals surface area contributed by atoms with Gasteiger partial charge in [-0.05, 0) is 54.8 Å². The smallest absolute Gasteiger partial charge is 0.230 e. The Kier molecular flexibility index (Phi) is 5.04. The van der Waals surface area contributed by atoms with E-state index in [0.717, 1.165) is 61.2 Å². The minimum absolute atomic E-state index is 0.190. The van der Waals surface area contributed by atoms with Crippen molar-refractivity contribution in [2.75, 3.05) is 27.3 Å². The predicted molar refractivity (Wildman–Crippen MR) is 111 cm³/mol. The molecule has 0 unspecified atom stereocenters. The van der Waals surface area contributed by atoms with Gasteiger partial charge in [0.2, 0.25) is 11.7 Å². The van der Waals surface area contributed by atoms with Gasteiger partial charge < -0.3 is 18.7 Å². The molecule has 30 heavy (non-hydrogen) atoms. The molecule has 0 amide bonds. The van der Waals surface area contributed by atoms with Gasteiger partial charge in [0.05, 0.1) is 14.2 Å². The molecular formula is C23H25N3O4. The molecule has 7 nitrogen and oxygen atoms in total. The first kappa shape index (κ1) is 18.9. The van der Waals surface area contributed by atoms with Gasteiger partial charge >= 0.3 is 0 Å². The Labute approximate surface area is 175 Å². The molecule has 0 radical (unpaired) electrons. The van der Waals surface area contributed by atoms with E-state index in [1.165, 1.54) is 5.56 Å². The van der Waals surface area contributed by atoms with Crippen molar-refractivity contribution in [3.63, 3.8) is 0 Å². The fraction of sp³-hybridized carbons (Fsp3) is 0.391. The summed E-state index contributed by atoms with van der Waals surface area (Å²) >= 11 is 0. The first-order valence-corrected chi connectivity index (χ1v) is 10.2. The van der Waals surface area contributed by atoms with Crippen LogP contribution in [-0.4, -0.2) is 48.5 Å². The lowest BCUT2D eigenvalue weighted by molar-refractivity contribution is 0.0145. The lowest BCUT2D eigenvalue weighted by atomic mass is 10.1. The number of aromatic nitrogens is 2. The highest BCUT2D eigenvalue weighted by Gasteiger charge is 2.30. The highest BCUT2D eigenvalue weighted by atomic mass is 16.5. The Morgan fingerprint density at radius 2 is 1.67 bits per heavy atom. The van der Waals surface area contributed by atoms with Crippen LogP contribution in [0.5, 0.6) is 17.2 Å². The minimum atomic E-state index is 0.190. The maximum atomic E-state index is 6.10. The molecule has 2 fully saturated rings. The molecule has 2 aromatic carbocycles. The molecule has 0 spiro atoms. The van der Waals surface area contributed by atoms with Crippen LogP contribution in [0.25, 0.3) is 11.4 Å². The third-order valence-corrected chi connectivity index (χ3v) is 5.52. The number of likely N-dealkylation sites (tertiary alicyclic amines) is 1. The van der Waals surface area contributed by atoms with Gasteiger partial charge in [0.15, 0.2) is 0 Å². The molecule has 0 atom stereocenters. The fourth-order valence-electron chi connectivity index (χ4n) is 3.67. The molecule has 1 aromatic heterocycles. The first-order chi connectivity index (χ1) is 14.7. The lowest BCUT2D eigenvalue weighted by Crippen LogP contribution is -2.53. The maximum Gasteiger partial charge on any atom is 0.230 e. The van der Waals surface area contributed by atoms with Crippen molar-refractivity contribution in [1.82, 2.24) is 15.0 Å². The largest absolute Gasteiger partial charge is 0.497 e. The monoisotopic (exact) mass is 407 g/mol. The molecule has 1 aliphatic carbocycles. The van der Waals surface area contributed by atoms with Crippen LogP contribution in [0.1, 0.15) is 30.2 Å². The summed E-state index contributed by atoms with van der Waals surface area (Å²) in [5, 5.41) is 4.09. The van der Waals surface area contributed by atoms with E-state index in [0.29, 0.717) is 11.7 Å². The summed E-state index contributed by atoms with van der Waals surface area (Å²) in [7, 11) is 3.34. The van der Waals surface area contributed by atoms with E-state index < -0.39 is 0 Å². The lowest BCUT2D eigenvalue weighted by Gasteiger charge is -2.39. The molecule has 1 aliphatic heterocycles. The number of methoxy groups -OCH3 is 2. The second kappa shape index (κ2) is 7.99. The fourth-order valence-corrected chi connectivity index (χ4v) is 3.67. The molecular weight excluding hydrogens is 382 g/mol. The second-order valence-electron chi connectivity index (χ2n) is 7.91. The maximum absolute atomic E-state index is 6.10. The van der Waals surface area contributed by atoms with E-state index in [-0.39, 0.29) is 6.10 Å². The molecule has 5 rings (SSSR count). The van der Waals surface area contributed by atoms with Crippen LogP contribution < -0.4 is 14.2 Å². The van der Waals surface area contributed by atoms with Crippen LogP contribution in [0, 0.1) is 0 Å². The Morgan fingerprint density at radius 3 is 2.30 bits per heavy atom.